The highest BCUT2D eigenvalue weighted by Gasteiger charge is 2.42. The number of aliphatic hydroxyl groups excluding tert-OH is 1. The van der Waals surface area contributed by atoms with E-state index in [4.69, 9.17) is 11.6 Å². The molecule has 2 aliphatic carbocycles. The molecule has 2 saturated carbocycles. The van der Waals surface area contributed by atoms with Crippen LogP contribution < -0.4 is 0 Å². The Balaban J connectivity index is 1.81. The summed E-state index contributed by atoms with van der Waals surface area (Å²) in [6.45, 7) is 2.00. The minimum absolute atomic E-state index is 0.316. The summed E-state index contributed by atoms with van der Waals surface area (Å²) >= 11 is 6.13. The van der Waals surface area contributed by atoms with E-state index >= 15 is 0 Å². The fraction of sp³-hybridized carbons (Fsp3) is 0.600. The fourth-order valence-corrected chi connectivity index (χ4v) is 3.91. The van der Waals surface area contributed by atoms with Gasteiger partial charge in [0, 0.05) is 5.02 Å². The highest BCUT2D eigenvalue weighted by molar-refractivity contribution is 6.31. The van der Waals surface area contributed by atoms with Gasteiger partial charge in [-0.05, 0) is 61.1 Å². The largest absolute Gasteiger partial charge is 0.388 e. The second kappa shape index (κ2) is 4.29. The summed E-state index contributed by atoms with van der Waals surface area (Å²) in [6.07, 6.45) is 4.91. The van der Waals surface area contributed by atoms with Gasteiger partial charge in [-0.1, -0.05) is 30.2 Å². The van der Waals surface area contributed by atoms with Gasteiger partial charge in [-0.25, -0.2) is 0 Å². The van der Waals surface area contributed by atoms with Gasteiger partial charge >= 0.3 is 0 Å². The van der Waals surface area contributed by atoms with Crippen molar-refractivity contribution in [3.63, 3.8) is 0 Å². The Kier molecular flexibility index (Phi) is 2.92. The highest BCUT2D eigenvalue weighted by atomic mass is 35.5. The maximum atomic E-state index is 10.5. The molecule has 0 radical (unpaired) electrons. The van der Waals surface area contributed by atoms with Gasteiger partial charge in [0.25, 0.3) is 0 Å². The minimum Gasteiger partial charge on any atom is -0.388 e. The van der Waals surface area contributed by atoms with E-state index in [1.54, 1.807) is 0 Å². The van der Waals surface area contributed by atoms with Crippen LogP contribution in [0.1, 0.15) is 42.9 Å². The van der Waals surface area contributed by atoms with E-state index in [0.29, 0.717) is 5.92 Å². The van der Waals surface area contributed by atoms with Gasteiger partial charge in [-0.15, -0.1) is 0 Å². The Bertz CT molecular complexity index is 429. The first-order valence-corrected chi connectivity index (χ1v) is 6.97. The van der Waals surface area contributed by atoms with Crippen LogP contribution in [0.2, 0.25) is 5.02 Å². The number of aryl methyl sites for hydroxylation is 1. The van der Waals surface area contributed by atoms with Crippen LogP contribution in [-0.2, 0) is 0 Å². The second-order valence-electron chi connectivity index (χ2n) is 5.79. The molecule has 1 N–H and O–H groups in total. The quantitative estimate of drug-likeness (QED) is 0.837. The van der Waals surface area contributed by atoms with E-state index in [1.807, 2.05) is 25.1 Å². The molecule has 1 aromatic rings. The lowest BCUT2D eigenvalue weighted by molar-refractivity contribution is 0.0745. The zero-order valence-corrected chi connectivity index (χ0v) is 11.0. The van der Waals surface area contributed by atoms with Crippen molar-refractivity contribution in [1.29, 1.82) is 0 Å². The molecule has 3 rings (SSSR count). The Morgan fingerprint density at radius 2 is 2.12 bits per heavy atom. The maximum Gasteiger partial charge on any atom is 0.0821 e. The molecule has 17 heavy (non-hydrogen) atoms. The molecular formula is C15H19ClO. The first-order chi connectivity index (χ1) is 8.15. The molecule has 2 heteroatoms. The standard InChI is InChI=1S/C15H19ClO/c1-9-2-4-12(8-14(9)16)15(17)13-7-10-3-5-11(13)6-10/h2,4,8,10-11,13,15,17H,3,5-7H2,1H3. The SMILES string of the molecule is Cc1ccc(C(O)C2CC3CCC2C3)cc1Cl. The molecule has 4 atom stereocenters. The van der Waals surface area contributed by atoms with Crippen molar-refractivity contribution >= 4 is 11.6 Å². The zero-order chi connectivity index (χ0) is 12.0. The van der Waals surface area contributed by atoms with Gasteiger partial charge in [0.15, 0.2) is 0 Å². The third-order valence-electron chi connectivity index (χ3n) is 4.74. The molecule has 2 fully saturated rings. The number of fused-ring (bicyclic) bond motifs is 2. The molecule has 0 aromatic heterocycles. The van der Waals surface area contributed by atoms with Crippen LogP contribution in [-0.4, -0.2) is 5.11 Å². The molecule has 0 spiro atoms. The molecule has 1 aromatic carbocycles. The molecule has 0 heterocycles. The summed E-state index contributed by atoms with van der Waals surface area (Å²) in [6, 6.07) is 5.97. The van der Waals surface area contributed by atoms with E-state index in [0.717, 1.165) is 28.0 Å². The van der Waals surface area contributed by atoms with Crippen LogP contribution in [0.15, 0.2) is 18.2 Å². The predicted molar refractivity (Wildman–Crippen MR) is 70.1 cm³/mol. The van der Waals surface area contributed by atoms with Crippen molar-refractivity contribution < 1.29 is 5.11 Å². The van der Waals surface area contributed by atoms with Crippen LogP contribution >= 0.6 is 11.6 Å². The topological polar surface area (TPSA) is 20.2 Å². The van der Waals surface area contributed by atoms with E-state index < -0.39 is 0 Å². The van der Waals surface area contributed by atoms with Crippen LogP contribution in [0.3, 0.4) is 0 Å². The van der Waals surface area contributed by atoms with Crippen molar-refractivity contribution in [3.05, 3.63) is 34.3 Å². The van der Waals surface area contributed by atoms with Gasteiger partial charge in [0.05, 0.1) is 6.10 Å². The molecule has 2 aliphatic rings. The number of rotatable bonds is 2. The van der Waals surface area contributed by atoms with E-state index in [-0.39, 0.29) is 6.10 Å². The van der Waals surface area contributed by atoms with Gasteiger partial charge in [-0.2, -0.15) is 0 Å². The first-order valence-electron chi connectivity index (χ1n) is 6.59. The van der Waals surface area contributed by atoms with Crippen LogP contribution in [0.4, 0.5) is 0 Å². The van der Waals surface area contributed by atoms with Crippen LogP contribution in [0, 0.1) is 24.7 Å². The lowest BCUT2D eigenvalue weighted by atomic mass is 9.82. The van der Waals surface area contributed by atoms with Gasteiger partial charge < -0.3 is 5.11 Å². The Morgan fingerprint density at radius 1 is 1.29 bits per heavy atom. The summed E-state index contributed by atoms with van der Waals surface area (Å²) in [7, 11) is 0. The number of benzene rings is 1. The molecule has 0 amide bonds. The number of hydrogen-bond acceptors (Lipinski definition) is 1. The zero-order valence-electron chi connectivity index (χ0n) is 10.2. The third-order valence-corrected chi connectivity index (χ3v) is 5.14. The molecule has 0 saturated heterocycles. The number of halogens is 1. The van der Waals surface area contributed by atoms with Crippen molar-refractivity contribution in [2.24, 2.45) is 17.8 Å². The normalized spacial score (nSPS) is 33.0. The van der Waals surface area contributed by atoms with E-state index in [9.17, 15) is 5.11 Å². The van der Waals surface area contributed by atoms with E-state index in [2.05, 4.69) is 0 Å². The first kappa shape index (κ1) is 11.6. The van der Waals surface area contributed by atoms with Gasteiger partial charge in [-0.3, -0.25) is 0 Å². The van der Waals surface area contributed by atoms with Gasteiger partial charge in [0.2, 0.25) is 0 Å². The van der Waals surface area contributed by atoms with Crippen LogP contribution in [0.5, 0.6) is 0 Å². The molecule has 2 bridgehead atoms. The third kappa shape index (κ3) is 2.00. The van der Waals surface area contributed by atoms with E-state index in [1.165, 1.54) is 25.7 Å². The Morgan fingerprint density at radius 3 is 2.71 bits per heavy atom. The summed E-state index contributed by atoms with van der Waals surface area (Å²) < 4.78 is 0. The van der Waals surface area contributed by atoms with Crippen molar-refractivity contribution in [2.45, 2.75) is 38.7 Å². The van der Waals surface area contributed by atoms with Crippen LogP contribution in [0.25, 0.3) is 0 Å². The Labute approximate surface area is 108 Å². The summed E-state index contributed by atoms with van der Waals surface area (Å²) in [5, 5.41) is 11.3. The lowest BCUT2D eigenvalue weighted by Crippen LogP contribution is -2.19. The number of hydrogen-bond donors (Lipinski definition) is 1. The molecule has 0 aliphatic heterocycles. The average Bonchev–Trinajstić information content (AvgIpc) is 2.93. The second-order valence-corrected chi connectivity index (χ2v) is 6.20. The van der Waals surface area contributed by atoms with Crippen molar-refractivity contribution in [2.75, 3.05) is 0 Å². The predicted octanol–water partition coefficient (Wildman–Crippen LogP) is 4.12. The molecule has 4 unspecified atom stereocenters. The van der Waals surface area contributed by atoms with Crippen molar-refractivity contribution in [1.82, 2.24) is 0 Å². The van der Waals surface area contributed by atoms with Crippen molar-refractivity contribution in [3.8, 4) is 0 Å². The monoisotopic (exact) mass is 250 g/mol. The Hall–Kier alpha value is -0.530. The lowest BCUT2D eigenvalue weighted by Gasteiger charge is -2.27. The average molecular weight is 251 g/mol. The number of aliphatic hydroxyl groups is 1. The molecule has 92 valence electrons. The summed E-state index contributed by atoms with van der Waals surface area (Å²) in [4.78, 5) is 0. The highest BCUT2D eigenvalue weighted by Crippen LogP contribution is 2.52. The molecule has 1 nitrogen and oxygen atoms in total. The summed E-state index contributed by atoms with van der Waals surface area (Å²) in [5.74, 6) is 2.09. The van der Waals surface area contributed by atoms with Gasteiger partial charge in [0.1, 0.15) is 0 Å². The smallest absolute Gasteiger partial charge is 0.0821 e. The maximum absolute atomic E-state index is 10.5. The molecular weight excluding hydrogens is 232 g/mol. The minimum atomic E-state index is -0.316. The summed E-state index contributed by atoms with van der Waals surface area (Å²) in [5.41, 5.74) is 2.08. The fourth-order valence-electron chi connectivity index (χ4n) is 3.72.